The number of methoxy groups -OCH3 is 1. The van der Waals surface area contributed by atoms with Crippen LogP contribution in [0.15, 0.2) is 54.6 Å². The first-order chi connectivity index (χ1) is 13.0. The maximum atomic E-state index is 14.2. The van der Waals surface area contributed by atoms with Crippen molar-refractivity contribution < 1.29 is 22.6 Å². The Balaban J connectivity index is 1.72. The van der Waals surface area contributed by atoms with Crippen molar-refractivity contribution in [2.24, 2.45) is 0 Å². The van der Waals surface area contributed by atoms with Gasteiger partial charge in [-0.25, -0.2) is 8.78 Å². The molecule has 0 fully saturated rings. The van der Waals surface area contributed by atoms with Gasteiger partial charge in [0.2, 0.25) is 5.82 Å². The Morgan fingerprint density at radius 1 is 0.852 bits per heavy atom. The highest BCUT2D eigenvalue weighted by atomic mass is 19.2. The van der Waals surface area contributed by atoms with Crippen molar-refractivity contribution in [3.05, 3.63) is 83.2 Å². The van der Waals surface area contributed by atoms with Crippen LogP contribution >= 0.6 is 0 Å². The Hall–Kier alpha value is -2.95. The average Bonchev–Trinajstić information content (AvgIpc) is 2.69. The van der Waals surface area contributed by atoms with Crippen LogP contribution in [0, 0.1) is 17.5 Å². The van der Waals surface area contributed by atoms with E-state index in [1.165, 1.54) is 25.3 Å². The van der Waals surface area contributed by atoms with Gasteiger partial charge in [-0.3, -0.25) is 0 Å². The molecule has 0 radical (unpaired) electrons. The van der Waals surface area contributed by atoms with E-state index >= 15 is 0 Å². The first-order valence-corrected chi connectivity index (χ1v) is 8.56. The summed E-state index contributed by atoms with van der Waals surface area (Å²) in [4.78, 5) is 0. The molecule has 0 saturated carbocycles. The molecule has 0 bridgehead atoms. The molecule has 3 aromatic rings. The molecular weight excluding hydrogens is 353 g/mol. The van der Waals surface area contributed by atoms with E-state index in [1.54, 1.807) is 36.4 Å². The Bertz CT molecular complexity index is 937. The molecule has 0 unspecified atom stereocenters. The molecule has 0 heterocycles. The van der Waals surface area contributed by atoms with Gasteiger partial charge < -0.3 is 9.47 Å². The van der Waals surface area contributed by atoms with Crippen molar-refractivity contribution in [1.29, 1.82) is 0 Å². The summed E-state index contributed by atoms with van der Waals surface area (Å²) in [7, 11) is 1.29. The van der Waals surface area contributed by atoms with Gasteiger partial charge in [-0.15, -0.1) is 0 Å². The first-order valence-electron chi connectivity index (χ1n) is 8.56. The van der Waals surface area contributed by atoms with E-state index in [1.807, 2.05) is 6.92 Å². The van der Waals surface area contributed by atoms with Gasteiger partial charge >= 0.3 is 0 Å². The fraction of sp³-hybridized carbons (Fsp3) is 0.182. The largest absolute Gasteiger partial charge is 0.494 e. The molecule has 5 heteroatoms. The molecule has 0 aliphatic carbocycles. The molecule has 0 atom stereocenters. The molecule has 140 valence electrons. The Morgan fingerprint density at radius 2 is 1.59 bits per heavy atom. The van der Waals surface area contributed by atoms with E-state index in [-0.39, 0.29) is 23.7 Å². The van der Waals surface area contributed by atoms with Crippen LogP contribution in [0.4, 0.5) is 13.2 Å². The van der Waals surface area contributed by atoms with E-state index < -0.39 is 11.6 Å². The van der Waals surface area contributed by atoms with Crippen LogP contribution < -0.4 is 9.47 Å². The normalized spacial score (nSPS) is 10.7. The van der Waals surface area contributed by atoms with Crippen molar-refractivity contribution in [2.45, 2.75) is 20.0 Å². The second-order valence-electron chi connectivity index (χ2n) is 6.04. The van der Waals surface area contributed by atoms with Crippen LogP contribution in [0.3, 0.4) is 0 Å². The summed E-state index contributed by atoms with van der Waals surface area (Å²) in [6, 6.07) is 14.5. The highest BCUT2D eigenvalue weighted by Crippen LogP contribution is 2.30. The zero-order valence-corrected chi connectivity index (χ0v) is 15.1. The smallest absolute Gasteiger partial charge is 0.201 e. The fourth-order valence-corrected chi connectivity index (χ4v) is 2.76. The zero-order chi connectivity index (χ0) is 19.4. The molecule has 3 aromatic carbocycles. The van der Waals surface area contributed by atoms with Crippen LogP contribution in [-0.2, 0) is 13.0 Å². The lowest BCUT2D eigenvalue weighted by atomic mass is 10.0. The maximum absolute atomic E-state index is 14.2. The van der Waals surface area contributed by atoms with Crippen LogP contribution in [0.25, 0.3) is 11.1 Å². The zero-order valence-electron chi connectivity index (χ0n) is 15.1. The molecule has 0 N–H and O–H groups in total. The molecule has 0 aliphatic heterocycles. The Morgan fingerprint density at radius 3 is 2.22 bits per heavy atom. The van der Waals surface area contributed by atoms with E-state index in [9.17, 15) is 13.2 Å². The lowest BCUT2D eigenvalue weighted by molar-refractivity contribution is 0.304. The van der Waals surface area contributed by atoms with E-state index in [2.05, 4.69) is 0 Å². The summed E-state index contributed by atoms with van der Waals surface area (Å²) in [6.07, 6.45) is 0.621. The van der Waals surface area contributed by atoms with Crippen LogP contribution in [-0.4, -0.2) is 7.11 Å². The highest BCUT2D eigenvalue weighted by molar-refractivity contribution is 5.65. The van der Waals surface area contributed by atoms with Crippen molar-refractivity contribution >= 4 is 0 Å². The molecule has 0 amide bonds. The second kappa shape index (κ2) is 8.16. The third kappa shape index (κ3) is 4.08. The van der Waals surface area contributed by atoms with Crippen molar-refractivity contribution in [2.75, 3.05) is 7.11 Å². The Labute approximate surface area is 156 Å². The minimum absolute atomic E-state index is 0.136. The van der Waals surface area contributed by atoms with Crippen molar-refractivity contribution in [3.63, 3.8) is 0 Å². The number of halogens is 3. The van der Waals surface area contributed by atoms with Crippen LogP contribution in [0.1, 0.15) is 18.1 Å². The molecule has 3 rings (SSSR count). The topological polar surface area (TPSA) is 18.5 Å². The summed E-state index contributed by atoms with van der Waals surface area (Å²) in [5, 5.41) is 0. The van der Waals surface area contributed by atoms with Crippen LogP contribution in [0.2, 0.25) is 0 Å². The standard InChI is InChI=1S/C22H19F3O2/c1-3-15-8-9-17(12-19(15)23)27-13-14-4-6-16(7-5-14)18-10-11-20(26-2)22(25)21(18)24/h4-12H,3,13H2,1-2H3. The quantitative estimate of drug-likeness (QED) is 0.535. The van der Waals surface area contributed by atoms with Gasteiger partial charge in [0, 0.05) is 11.6 Å². The molecule has 0 saturated heterocycles. The summed E-state index contributed by atoms with van der Waals surface area (Å²) in [5.74, 6) is -1.95. The highest BCUT2D eigenvalue weighted by Gasteiger charge is 2.15. The van der Waals surface area contributed by atoms with Gasteiger partial charge in [0.05, 0.1) is 7.11 Å². The van der Waals surface area contributed by atoms with Gasteiger partial charge in [-0.05, 0) is 41.3 Å². The third-order valence-corrected chi connectivity index (χ3v) is 4.34. The Kier molecular flexibility index (Phi) is 5.69. The van der Waals surface area contributed by atoms with Gasteiger partial charge in [0.25, 0.3) is 0 Å². The molecule has 0 aromatic heterocycles. The van der Waals surface area contributed by atoms with E-state index in [0.717, 1.165) is 5.56 Å². The number of ether oxygens (including phenoxy) is 2. The first kappa shape index (κ1) is 18.8. The van der Waals surface area contributed by atoms with Crippen molar-refractivity contribution in [3.8, 4) is 22.6 Å². The second-order valence-corrected chi connectivity index (χ2v) is 6.04. The monoisotopic (exact) mass is 372 g/mol. The number of benzene rings is 3. The van der Waals surface area contributed by atoms with Gasteiger partial charge in [0.1, 0.15) is 18.2 Å². The molecule has 2 nitrogen and oxygen atoms in total. The summed E-state index contributed by atoms with van der Waals surface area (Å²) in [5.41, 5.74) is 2.16. The van der Waals surface area contributed by atoms with Crippen LogP contribution in [0.5, 0.6) is 11.5 Å². The number of hydrogen-bond acceptors (Lipinski definition) is 2. The minimum Gasteiger partial charge on any atom is -0.494 e. The van der Waals surface area contributed by atoms with Gasteiger partial charge in [-0.1, -0.05) is 37.3 Å². The van der Waals surface area contributed by atoms with Gasteiger partial charge in [-0.2, -0.15) is 4.39 Å². The summed E-state index contributed by atoms with van der Waals surface area (Å²) < 4.78 is 52.2. The van der Waals surface area contributed by atoms with Gasteiger partial charge in [0.15, 0.2) is 11.6 Å². The number of aryl methyl sites for hydroxylation is 1. The third-order valence-electron chi connectivity index (χ3n) is 4.34. The van der Waals surface area contributed by atoms with E-state index in [4.69, 9.17) is 9.47 Å². The fourth-order valence-electron chi connectivity index (χ4n) is 2.76. The predicted molar refractivity (Wildman–Crippen MR) is 98.5 cm³/mol. The number of rotatable bonds is 6. The minimum atomic E-state index is -1.01. The lowest BCUT2D eigenvalue weighted by Crippen LogP contribution is -1.98. The molecule has 27 heavy (non-hydrogen) atoms. The summed E-state index contributed by atoms with van der Waals surface area (Å²) in [6.45, 7) is 2.13. The maximum Gasteiger partial charge on any atom is 0.201 e. The van der Waals surface area contributed by atoms with E-state index in [0.29, 0.717) is 23.3 Å². The SMILES string of the molecule is CCc1ccc(OCc2ccc(-c3ccc(OC)c(F)c3F)cc2)cc1F. The number of hydrogen-bond donors (Lipinski definition) is 0. The molecule has 0 spiro atoms. The predicted octanol–water partition coefficient (Wildman–Crippen LogP) is 5.92. The van der Waals surface area contributed by atoms with Crippen molar-refractivity contribution in [1.82, 2.24) is 0 Å². The molecule has 0 aliphatic rings. The summed E-state index contributed by atoms with van der Waals surface area (Å²) >= 11 is 0. The average molecular weight is 372 g/mol. The molecular formula is C22H19F3O2. The lowest BCUT2D eigenvalue weighted by Gasteiger charge is -2.10.